The highest BCUT2D eigenvalue weighted by Gasteiger charge is 2.19. The first-order chi connectivity index (χ1) is 10.5. The van der Waals surface area contributed by atoms with Crippen LogP contribution in [0.15, 0.2) is 22.2 Å². The molecule has 0 aromatic carbocycles. The number of amides is 1. The van der Waals surface area contributed by atoms with Gasteiger partial charge >= 0.3 is 5.97 Å². The first kappa shape index (κ1) is 15.2. The van der Waals surface area contributed by atoms with Crippen molar-refractivity contribution in [3.63, 3.8) is 0 Å². The third-order valence-corrected chi connectivity index (χ3v) is 5.71. The van der Waals surface area contributed by atoms with Crippen LogP contribution in [0.1, 0.15) is 32.5 Å². The Morgan fingerprint density at radius 3 is 2.91 bits per heavy atom. The topological polar surface area (TPSA) is 83.7 Å². The lowest BCUT2D eigenvalue weighted by Gasteiger charge is -2.03. The van der Waals surface area contributed by atoms with Crippen LogP contribution in [0.4, 0.5) is 5.00 Å². The molecule has 9 heteroatoms. The largest absolute Gasteiger partial charge is 0.477 e. The highest BCUT2D eigenvalue weighted by Crippen LogP contribution is 2.30. The number of aryl methyl sites for hydroxylation is 1. The molecular formula is C13H10BrN3O3S2. The van der Waals surface area contributed by atoms with E-state index in [0.717, 1.165) is 25.5 Å². The summed E-state index contributed by atoms with van der Waals surface area (Å²) in [7, 11) is 0. The molecule has 0 aliphatic heterocycles. The van der Waals surface area contributed by atoms with Crippen molar-refractivity contribution in [1.29, 1.82) is 0 Å². The zero-order valence-electron chi connectivity index (χ0n) is 11.3. The van der Waals surface area contributed by atoms with Crippen LogP contribution in [0.2, 0.25) is 0 Å². The summed E-state index contributed by atoms with van der Waals surface area (Å²) in [5, 5.41) is 16.5. The maximum Gasteiger partial charge on any atom is 0.345 e. The molecule has 0 atom stereocenters. The SMILES string of the molecule is CCc1cc(C(=O)O)sc1NC(=O)c1cnn2cc(Br)sc12. The van der Waals surface area contributed by atoms with Crippen molar-refractivity contribution in [2.75, 3.05) is 5.32 Å². The van der Waals surface area contributed by atoms with Crippen LogP contribution in [0.25, 0.3) is 4.83 Å². The third kappa shape index (κ3) is 2.67. The van der Waals surface area contributed by atoms with Crippen LogP contribution in [0.5, 0.6) is 0 Å². The summed E-state index contributed by atoms with van der Waals surface area (Å²) in [6.45, 7) is 1.91. The minimum absolute atomic E-state index is 0.214. The van der Waals surface area contributed by atoms with Gasteiger partial charge in [-0.3, -0.25) is 4.79 Å². The number of carbonyl (C=O) groups excluding carboxylic acids is 1. The number of carbonyl (C=O) groups is 2. The van der Waals surface area contributed by atoms with Gasteiger partial charge in [-0.25, -0.2) is 9.31 Å². The number of aromatic carboxylic acids is 1. The lowest BCUT2D eigenvalue weighted by atomic mass is 10.2. The van der Waals surface area contributed by atoms with E-state index in [1.54, 1.807) is 16.8 Å². The van der Waals surface area contributed by atoms with E-state index in [1.165, 1.54) is 17.5 Å². The average Bonchev–Trinajstić information content (AvgIpc) is 3.11. The van der Waals surface area contributed by atoms with Crippen molar-refractivity contribution in [3.05, 3.63) is 38.3 Å². The second-order valence-electron chi connectivity index (χ2n) is 4.42. The van der Waals surface area contributed by atoms with Gasteiger partial charge in [-0.1, -0.05) is 6.92 Å². The van der Waals surface area contributed by atoms with Crippen molar-refractivity contribution in [2.24, 2.45) is 0 Å². The number of halogens is 1. The van der Waals surface area contributed by atoms with Crippen LogP contribution in [0.3, 0.4) is 0 Å². The summed E-state index contributed by atoms with van der Waals surface area (Å²) in [4.78, 5) is 24.4. The summed E-state index contributed by atoms with van der Waals surface area (Å²) in [6, 6.07) is 1.60. The number of hydrogen-bond acceptors (Lipinski definition) is 5. The molecule has 3 heterocycles. The molecule has 0 fully saturated rings. The maximum atomic E-state index is 12.4. The van der Waals surface area contributed by atoms with E-state index < -0.39 is 5.97 Å². The summed E-state index contributed by atoms with van der Waals surface area (Å²) in [5.74, 6) is -1.28. The van der Waals surface area contributed by atoms with Crippen molar-refractivity contribution >= 4 is 60.3 Å². The maximum absolute atomic E-state index is 12.4. The Morgan fingerprint density at radius 2 is 2.23 bits per heavy atom. The molecule has 0 saturated carbocycles. The fourth-order valence-corrected chi connectivity index (χ4v) is 4.41. The molecule has 2 N–H and O–H groups in total. The van der Waals surface area contributed by atoms with E-state index in [-0.39, 0.29) is 10.8 Å². The van der Waals surface area contributed by atoms with E-state index in [9.17, 15) is 9.59 Å². The fraction of sp³-hybridized carbons (Fsp3) is 0.154. The van der Waals surface area contributed by atoms with Gasteiger partial charge in [-0.2, -0.15) is 5.10 Å². The Labute approximate surface area is 141 Å². The standard InChI is InChI=1S/C13H10BrN3O3S2/c1-2-6-3-8(13(19)20)21-11(6)16-10(18)7-4-15-17-5-9(14)22-12(7)17/h3-5H,2H2,1H3,(H,16,18)(H,19,20). The number of nitrogens with zero attached hydrogens (tertiary/aromatic N) is 2. The molecule has 1 amide bonds. The monoisotopic (exact) mass is 399 g/mol. The Kier molecular flexibility index (Phi) is 4.02. The van der Waals surface area contributed by atoms with Crippen molar-refractivity contribution in [1.82, 2.24) is 9.61 Å². The molecule has 114 valence electrons. The van der Waals surface area contributed by atoms with E-state index in [1.807, 2.05) is 6.92 Å². The Bertz CT molecular complexity index is 880. The molecule has 3 aromatic heterocycles. The van der Waals surface area contributed by atoms with Crippen molar-refractivity contribution in [2.45, 2.75) is 13.3 Å². The molecule has 0 aliphatic carbocycles. The molecule has 0 bridgehead atoms. The van der Waals surface area contributed by atoms with Gasteiger partial charge in [-0.05, 0) is 34.0 Å². The van der Waals surface area contributed by atoms with Gasteiger partial charge in [0.2, 0.25) is 0 Å². The molecule has 0 aliphatic rings. The number of rotatable bonds is 4. The number of anilines is 1. The number of thiazole rings is 1. The first-order valence-corrected chi connectivity index (χ1v) is 8.72. The van der Waals surface area contributed by atoms with E-state index in [0.29, 0.717) is 17.0 Å². The molecule has 22 heavy (non-hydrogen) atoms. The normalized spacial score (nSPS) is 11.0. The smallest absolute Gasteiger partial charge is 0.345 e. The Morgan fingerprint density at radius 1 is 1.45 bits per heavy atom. The second-order valence-corrected chi connectivity index (χ2v) is 7.88. The molecule has 0 unspecified atom stereocenters. The molecule has 0 radical (unpaired) electrons. The number of fused-ring (bicyclic) bond motifs is 1. The average molecular weight is 400 g/mol. The molecule has 6 nitrogen and oxygen atoms in total. The predicted molar refractivity (Wildman–Crippen MR) is 89.4 cm³/mol. The molecule has 3 rings (SSSR count). The van der Waals surface area contributed by atoms with Gasteiger partial charge in [0.1, 0.15) is 9.71 Å². The van der Waals surface area contributed by atoms with Gasteiger partial charge in [0.15, 0.2) is 0 Å². The highest BCUT2D eigenvalue weighted by molar-refractivity contribution is 9.11. The quantitative estimate of drug-likeness (QED) is 0.699. The summed E-state index contributed by atoms with van der Waals surface area (Å²) >= 11 is 5.83. The van der Waals surface area contributed by atoms with Crippen LogP contribution in [-0.2, 0) is 6.42 Å². The van der Waals surface area contributed by atoms with Crippen LogP contribution in [-0.4, -0.2) is 26.6 Å². The minimum atomic E-state index is -0.990. The number of hydrogen-bond donors (Lipinski definition) is 2. The summed E-state index contributed by atoms with van der Waals surface area (Å²) < 4.78 is 2.50. The molecule has 0 saturated heterocycles. The third-order valence-electron chi connectivity index (χ3n) is 3.04. The molecule has 0 spiro atoms. The fourth-order valence-electron chi connectivity index (χ4n) is 1.99. The van der Waals surface area contributed by atoms with Crippen molar-refractivity contribution in [3.8, 4) is 0 Å². The number of nitrogens with one attached hydrogen (secondary N) is 1. The van der Waals surface area contributed by atoms with Crippen LogP contribution >= 0.6 is 38.6 Å². The van der Waals surface area contributed by atoms with Gasteiger partial charge in [0, 0.05) is 0 Å². The van der Waals surface area contributed by atoms with Gasteiger partial charge < -0.3 is 10.4 Å². The molecular weight excluding hydrogens is 390 g/mol. The number of aromatic nitrogens is 2. The second kappa shape index (κ2) is 5.82. The zero-order valence-corrected chi connectivity index (χ0v) is 14.5. The zero-order chi connectivity index (χ0) is 15.9. The number of carboxylic acids is 1. The van der Waals surface area contributed by atoms with Crippen LogP contribution in [0, 0.1) is 0 Å². The lowest BCUT2D eigenvalue weighted by Crippen LogP contribution is -2.11. The number of carboxylic acid groups (broad SMARTS) is 1. The molecule has 3 aromatic rings. The Hall–Kier alpha value is -1.71. The van der Waals surface area contributed by atoms with E-state index in [4.69, 9.17) is 5.11 Å². The number of thiophene rings is 1. The first-order valence-electron chi connectivity index (χ1n) is 6.29. The van der Waals surface area contributed by atoms with E-state index in [2.05, 4.69) is 26.3 Å². The Balaban J connectivity index is 1.92. The highest BCUT2D eigenvalue weighted by atomic mass is 79.9. The van der Waals surface area contributed by atoms with Gasteiger partial charge in [-0.15, -0.1) is 22.7 Å². The van der Waals surface area contributed by atoms with Gasteiger partial charge in [0.25, 0.3) is 5.91 Å². The van der Waals surface area contributed by atoms with Gasteiger partial charge in [0.05, 0.1) is 26.7 Å². The summed E-state index contributed by atoms with van der Waals surface area (Å²) in [5.41, 5.74) is 1.27. The summed E-state index contributed by atoms with van der Waals surface area (Å²) in [6.07, 6.45) is 3.93. The lowest BCUT2D eigenvalue weighted by molar-refractivity contribution is 0.0702. The van der Waals surface area contributed by atoms with E-state index >= 15 is 0 Å². The van der Waals surface area contributed by atoms with Crippen molar-refractivity contribution < 1.29 is 14.7 Å². The minimum Gasteiger partial charge on any atom is -0.477 e. The van der Waals surface area contributed by atoms with Crippen LogP contribution < -0.4 is 5.32 Å². The predicted octanol–water partition coefficient (Wildman–Crippen LogP) is 3.73.